The summed E-state index contributed by atoms with van der Waals surface area (Å²) in [4.78, 5) is 13.6. The van der Waals surface area contributed by atoms with Crippen LogP contribution in [0.1, 0.15) is 19.8 Å². The summed E-state index contributed by atoms with van der Waals surface area (Å²) < 4.78 is 5.67. The van der Waals surface area contributed by atoms with Gasteiger partial charge in [-0.3, -0.25) is 4.79 Å². The van der Waals surface area contributed by atoms with Crippen LogP contribution in [0.3, 0.4) is 0 Å². The number of nitrogens with one attached hydrogen (secondary N) is 2. The lowest BCUT2D eigenvalue weighted by Gasteiger charge is -2.37. The van der Waals surface area contributed by atoms with Gasteiger partial charge in [0.25, 0.3) is 0 Å². The molecular weight excluding hydrogens is 218 g/mol. The van der Waals surface area contributed by atoms with Gasteiger partial charge in [-0.25, -0.2) is 0 Å². The second kappa shape index (κ2) is 6.33. The smallest absolute Gasteiger partial charge is 0.221 e. The summed E-state index contributed by atoms with van der Waals surface area (Å²) in [6, 6.07) is 0. The van der Waals surface area contributed by atoms with E-state index in [1.807, 2.05) is 4.90 Å². The predicted molar refractivity (Wildman–Crippen MR) is 65.6 cm³/mol. The first-order valence-corrected chi connectivity index (χ1v) is 6.57. The molecule has 17 heavy (non-hydrogen) atoms. The third-order valence-electron chi connectivity index (χ3n) is 3.57. The van der Waals surface area contributed by atoms with Gasteiger partial charge in [0, 0.05) is 26.6 Å². The van der Waals surface area contributed by atoms with E-state index in [0.29, 0.717) is 12.5 Å². The van der Waals surface area contributed by atoms with Crippen LogP contribution in [0.25, 0.3) is 0 Å². The lowest BCUT2D eigenvalue weighted by molar-refractivity contribution is -0.148. The van der Waals surface area contributed by atoms with Crippen molar-refractivity contribution in [1.29, 1.82) is 0 Å². The Kier molecular flexibility index (Phi) is 4.76. The third kappa shape index (κ3) is 3.66. The number of carbonyl (C=O) groups is 1. The maximum absolute atomic E-state index is 11.7. The third-order valence-corrected chi connectivity index (χ3v) is 3.57. The van der Waals surface area contributed by atoms with Crippen molar-refractivity contribution in [3.63, 3.8) is 0 Å². The fourth-order valence-corrected chi connectivity index (χ4v) is 2.54. The molecule has 0 unspecified atom stereocenters. The van der Waals surface area contributed by atoms with Gasteiger partial charge in [-0.05, 0) is 31.8 Å². The van der Waals surface area contributed by atoms with Crippen LogP contribution in [0.5, 0.6) is 0 Å². The molecule has 0 aromatic rings. The van der Waals surface area contributed by atoms with Crippen molar-refractivity contribution >= 4 is 5.91 Å². The molecule has 2 aliphatic rings. The minimum atomic E-state index is -0.0730. The Bertz CT molecular complexity index is 248. The molecule has 1 amide bonds. The van der Waals surface area contributed by atoms with Crippen molar-refractivity contribution in [3.8, 4) is 0 Å². The van der Waals surface area contributed by atoms with Crippen LogP contribution in [-0.2, 0) is 9.53 Å². The highest BCUT2D eigenvalue weighted by molar-refractivity contribution is 5.73. The van der Waals surface area contributed by atoms with Crippen molar-refractivity contribution in [2.45, 2.75) is 26.0 Å². The van der Waals surface area contributed by atoms with Crippen LogP contribution >= 0.6 is 0 Å². The average molecular weight is 241 g/mol. The van der Waals surface area contributed by atoms with Gasteiger partial charge in [-0.15, -0.1) is 0 Å². The molecule has 5 nitrogen and oxygen atoms in total. The summed E-state index contributed by atoms with van der Waals surface area (Å²) in [6.45, 7) is 6.95. The first-order valence-electron chi connectivity index (χ1n) is 6.57. The topological polar surface area (TPSA) is 53.6 Å². The first-order chi connectivity index (χ1) is 8.27. The highest BCUT2D eigenvalue weighted by atomic mass is 16.5. The summed E-state index contributed by atoms with van der Waals surface area (Å²) in [5.41, 5.74) is 0. The summed E-state index contributed by atoms with van der Waals surface area (Å²) in [5.74, 6) is 0.739. The van der Waals surface area contributed by atoms with Crippen LogP contribution in [0.4, 0.5) is 0 Å². The number of piperidine rings is 1. The summed E-state index contributed by atoms with van der Waals surface area (Å²) in [6.07, 6.45) is 2.24. The van der Waals surface area contributed by atoms with Gasteiger partial charge in [0.15, 0.2) is 0 Å². The number of amides is 1. The van der Waals surface area contributed by atoms with E-state index < -0.39 is 0 Å². The van der Waals surface area contributed by atoms with E-state index in [1.165, 1.54) is 0 Å². The summed E-state index contributed by atoms with van der Waals surface area (Å²) >= 11 is 0. The zero-order valence-electron chi connectivity index (χ0n) is 10.6. The molecule has 2 fully saturated rings. The molecule has 0 aliphatic carbocycles. The molecule has 5 heteroatoms. The normalized spacial score (nSPS) is 26.8. The Hall–Kier alpha value is -0.650. The van der Waals surface area contributed by atoms with Gasteiger partial charge in [0.2, 0.25) is 5.91 Å². The number of morpholine rings is 1. The van der Waals surface area contributed by atoms with Gasteiger partial charge >= 0.3 is 0 Å². The Morgan fingerprint density at radius 2 is 2.06 bits per heavy atom. The molecule has 0 radical (unpaired) electrons. The maximum atomic E-state index is 11.7. The Labute approximate surface area is 103 Å². The van der Waals surface area contributed by atoms with E-state index in [0.717, 1.165) is 45.6 Å². The van der Waals surface area contributed by atoms with Crippen molar-refractivity contribution in [2.75, 3.05) is 39.3 Å². The number of carbonyl (C=O) groups excluding carboxylic acids is 1. The Morgan fingerprint density at radius 3 is 2.65 bits per heavy atom. The molecule has 1 atom stereocenters. The molecule has 2 aliphatic heterocycles. The van der Waals surface area contributed by atoms with Crippen LogP contribution in [0.2, 0.25) is 0 Å². The largest absolute Gasteiger partial charge is 0.356 e. The summed E-state index contributed by atoms with van der Waals surface area (Å²) in [7, 11) is 0. The van der Waals surface area contributed by atoms with Gasteiger partial charge < -0.3 is 20.3 Å². The molecule has 2 rings (SSSR count). The van der Waals surface area contributed by atoms with E-state index in [1.54, 1.807) is 6.92 Å². The zero-order valence-corrected chi connectivity index (χ0v) is 10.6. The van der Waals surface area contributed by atoms with E-state index in [-0.39, 0.29) is 12.1 Å². The fraction of sp³-hybridized carbons (Fsp3) is 0.917. The molecular formula is C12H23N3O2. The monoisotopic (exact) mass is 241 g/mol. The van der Waals surface area contributed by atoms with Crippen molar-refractivity contribution in [2.24, 2.45) is 5.92 Å². The number of hydrogen-bond donors (Lipinski definition) is 2. The standard InChI is InChI=1S/C12H23N3O2/c1-10(16)15(12-8-14-6-7-17-12)9-11-2-4-13-5-3-11/h11-14H,2-9H2,1H3/t12-/m1/s1. The number of hydrogen-bond acceptors (Lipinski definition) is 4. The molecule has 2 heterocycles. The SMILES string of the molecule is CC(=O)N(CC1CCNCC1)[C@H]1CNCCO1. The highest BCUT2D eigenvalue weighted by Gasteiger charge is 2.26. The maximum Gasteiger partial charge on any atom is 0.221 e. The highest BCUT2D eigenvalue weighted by Crippen LogP contribution is 2.16. The molecule has 0 aromatic carbocycles. The summed E-state index contributed by atoms with van der Waals surface area (Å²) in [5, 5.41) is 6.63. The van der Waals surface area contributed by atoms with Crippen LogP contribution < -0.4 is 10.6 Å². The van der Waals surface area contributed by atoms with Crippen LogP contribution in [0, 0.1) is 5.92 Å². The molecule has 0 spiro atoms. The number of rotatable bonds is 3. The minimum Gasteiger partial charge on any atom is -0.356 e. The Balaban J connectivity index is 1.88. The van der Waals surface area contributed by atoms with Crippen LogP contribution in [-0.4, -0.2) is 56.4 Å². The predicted octanol–water partition coefficient (Wildman–Crippen LogP) is -0.220. The van der Waals surface area contributed by atoms with E-state index in [9.17, 15) is 4.79 Å². The van der Waals surface area contributed by atoms with Crippen molar-refractivity contribution in [1.82, 2.24) is 15.5 Å². The zero-order chi connectivity index (χ0) is 12.1. The second-order valence-corrected chi connectivity index (χ2v) is 4.89. The molecule has 0 aromatic heterocycles. The molecule has 2 N–H and O–H groups in total. The van der Waals surface area contributed by atoms with Gasteiger partial charge in [-0.2, -0.15) is 0 Å². The lowest BCUT2D eigenvalue weighted by atomic mass is 9.97. The molecule has 0 bridgehead atoms. The first kappa shape index (κ1) is 12.8. The van der Waals surface area contributed by atoms with Gasteiger partial charge in [-0.1, -0.05) is 0 Å². The van der Waals surface area contributed by atoms with E-state index in [4.69, 9.17) is 4.74 Å². The second-order valence-electron chi connectivity index (χ2n) is 4.89. The van der Waals surface area contributed by atoms with Crippen molar-refractivity contribution in [3.05, 3.63) is 0 Å². The van der Waals surface area contributed by atoms with Gasteiger partial charge in [0.1, 0.15) is 6.23 Å². The lowest BCUT2D eigenvalue weighted by Crippen LogP contribution is -2.52. The van der Waals surface area contributed by atoms with Crippen LogP contribution in [0.15, 0.2) is 0 Å². The minimum absolute atomic E-state index is 0.0730. The molecule has 2 saturated heterocycles. The average Bonchev–Trinajstić information content (AvgIpc) is 2.38. The fourth-order valence-electron chi connectivity index (χ4n) is 2.54. The van der Waals surface area contributed by atoms with Gasteiger partial charge in [0.05, 0.1) is 6.61 Å². The quantitative estimate of drug-likeness (QED) is 0.717. The molecule has 0 saturated carbocycles. The molecule has 98 valence electrons. The van der Waals surface area contributed by atoms with E-state index in [2.05, 4.69) is 10.6 Å². The number of nitrogens with zero attached hydrogens (tertiary/aromatic N) is 1. The van der Waals surface area contributed by atoms with Crippen molar-refractivity contribution < 1.29 is 9.53 Å². The van der Waals surface area contributed by atoms with E-state index >= 15 is 0 Å². The Morgan fingerprint density at radius 1 is 1.29 bits per heavy atom. The number of ether oxygens (including phenoxy) is 1.